The van der Waals surface area contributed by atoms with Crippen LogP contribution in [0.3, 0.4) is 0 Å². The summed E-state index contributed by atoms with van der Waals surface area (Å²) in [5.41, 5.74) is 6.30. The number of hydrogen-bond acceptors (Lipinski definition) is 4. The van der Waals surface area contributed by atoms with Gasteiger partial charge < -0.3 is 15.0 Å². The first-order valence-electron chi connectivity index (χ1n) is 11.4. The molecule has 2 aliphatic rings. The highest BCUT2D eigenvalue weighted by atomic mass is 16.5. The van der Waals surface area contributed by atoms with Gasteiger partial charge in [-0.3, -0.25) is 4.90 Å². The molecule has 3 aromatic carbocycles. The normalized spacial score (nSPS) is 18.1. The Morgan fingerprint density at radius 3 is 2.71 bits per heavy atom. The van der Waals surface area contributed by atoms with Crippen LogP contribution in [0.15, 0.2) is 72.8 Å². The molecule has 5 rings (SSSR count). The Morgan fingerprint density at radius 2 is 1.81 bits per heavy atom. The summed E-state index contributed by atoms with van der Waals surface area (Å²) in [5.74, 6) is 0.979. The molecular formula is C27H31N3O. The van der Waals surface area contributed by atoms with E-state index in [9.17, 15) is 0 Å². The van der Waals surface area contributed by atoms with Crippen molar-refractivity contribution in [2.24, 2.45) is 0 Å². The lowest BCUT2D eigenvalue weighted by molar-refractivity contribution is 0.261. The summed E-state index contributed by atoms with van der Waals surface area (Å²) in [5, 5.41) is 3.25. The van der Waals surface area contributed by atoms with Crippen LogP contribution in [-0.2, 0) is 13.0 Å². The van der Waals surface area contributed by atoms with Crippen LogP contribution in [0.25, 0.3) is 0 Å². The van der Waals surface area contributed by atoms with Gasteiger partial charge in [0.15, 0.2) is 0 Å². The van der Waals surface area contributed by atoms with E-state index in [-0.39, 0.29) is 0 Å². The second kappa shape index (κ2) is 9.03. The Labute approximate surface area is 185 Å². The van der Waals surface area contributed by atoms with Gasteiger partial charge in [0.05, 0.1) is 5.69 Å². The summed E-state index contributed by atoms with van der Waals surface area (Å²) in [4.78, 5) is 5.17. The van der Waals surface area contributed by atoms with Gasteiger partial charge in [-0.2, -0.15) is 0 Å². The Morgan fingerprint density at radius 1 is 0.968 bits per heavy atom. The van der Waals surface area contributed by atoms with Crippen molar-refractivity contribution in [3.8, 4) is 5.75 Å². The van der Waals surface area contributed by atoms with Gasteiger partial charge in [0.1, 0.15) is 12.4 Å². The van der Waals surface area contributed by atoms with Crippen molar-refractivity contribution in [1.82, 2.24) is 4.90 Å². The average molecular weight is 414 g/mol. The van der Waals surface area contributed by atoms with Gasteiger partial charge in [0.25, 0.3) is 0 Å². The molecule has 1 fully saturated rings. The van der Waals surface area contributed by atoms with Crippen molar-refractivity contribution in [3.63, 3.8) is 0 Å². The van der Waals surface area contributed by atoms with Crippen LogP contribution in [0.5, 0.6) is 5.75 Å². The molecule has 0 bridgehead atoms. The predicted octanol–water partition coefficient (Wildman–Crippen LogP) is 5.47. The smallest absolute Gasteiger partial charge is 0.143 e. The third-order valence-corrected chi connectivity index (χ3v) is 6.62. The van der Waals surface area contributed by atoms with E-state index in [0.29, 0.717) is 12.6 Å². The van der Waals surface area contributed by atoms with Gasteiger partial charge in [-0.15, -0.1) is 0 Å². The van der Waals surface area contributed by atoms with E-state index in [1.54, 1.807) is 0 Å². The van der Waals surface area contributed by atoms with Crippen LogP contribution < -0.4 is 15.0 Å². The van der Waals surface area contributed by atoms with E-state index < -0.39 is 0 Å². The predicted molar refractivity (Wildman–Crippen MR) is 129 cm³/mol. The summed E-state index contributed by atoms with van der Waals surface area (Å²) in [6, 6.07) is 26.5. The van der Waals surface area contributed by atoms with Gasteiger partial charge >= 0.3 is 0 Å². The number of benzene rings is 3. The molecule has 0 unspecified atom stereocenters. The maximum Gasteiger partial charge on any atom is 0.143 e. The van der Waals surface area contributed by atoms with Gasteiger partial charge in [-0.25, -0.2) is 0 Å². The van der Waals surface area contributed by atoms with Crippen LogP contribution in [0.2, 0.25) is 0 Å². The van der Waals surface area contributed by atoms with Crippen molar-refractivity contribution < 1.29 is 4.74 Å². The van der Waals surface area contributed by atoms with Crippen LogP contribution in [-0.4, -0.2) is 37.6 Å². The third kappa shape index (κ3) is 4.26. The number of likely N-dealkylation sites (tertiary alicyclic amines) is 1. The Balaban J connectivity index is 1.36. The van der Waals surface area contributed by atoms with Crippen molar-refractivity contribution in [1.29, 1.82) is 0 Å². The first-order valence-corrected chi connectivity index (χ1v) is 11.4. The molecule has 0 spiro atoms. The SMILES string of the molecule is CNc1cccc(CCN2CCC[C@H]2CN2c3ccccc3COc3ccccc32)c1. The quantitative estimate of drug-likeness (QED) is 0.580. The topological polar surface area (TPSA) is 27.7 Å². The lowest BCUT2D eigenvalue weighted by Gasteiger charge is -2.32. The fourth-order valence-corrected chi connectivity index (χ4v) is 4.94. The number of rotatable bonds is 6. The minimum atomic E-state index is 0.548. The molecule has 160 valence electrons. The van der Waals surface area contributed by atoms with Crippen LogP contribution >= 0.6 is 0 Å². The first-order chi connectivity index (χ1) is 15.3. The monoisotopic (exact) mass is 413 g/mol. The summed E-state index contributed by atoms with van der Waals surface area (Å²) >= 11 is 0. The number of para-hydroxylation sites is 3. The lowest BCUT2D eigenvalue weighted by atomic mass is 10.1. The summed E-state index contributed by atoms with van der Waals surface area (Å²) in [6.45, 7) is 3.91. The molecule has 3 aromatic rings. The summed E-state index contributed by atoms with van der Waals surface area (Å²) in [7, 11) is 1.98. The van der Waals surface area contributed by atoms with Crippen LogP contribution in [0.4, 0.5) is 17.1 Å². The van der Waals surface area contributed by atoms with E-state index in [4.69, 9.17) is 4.74 Å². The minimum absolute atomic E-state index is 0.548. The standard InChI is InChI=1S/C27H31N3O/c1-28-23-10-6-8-21(18-23)15-17-29-16-7-11-24(29)19-30-25-12-3-2-9-22(25)20-31-27-14-5-4-13-26(27)30/h2-6,8-10,12-14,18,24,28H,7,11,15-17,19-20H2,1H3/t24-/m0/s1. The number of anilines is 3. The zero-order chi connectivity index (χ0) is 21.0. The average Bonchev–Trinajstić information content (AvgIpc) is 3.21. The largest absolute Gasteiger partial charge is 0.487 e. The molecule has 0 amide bonds. The van der Waals surface area contributed by atoms with E-state index in [1.807, 2.05) is 7.05 Å². The molecule has 2 aliphatic heterocycles. The van der Waals surface area contributed by atoms with E-state index >= 15 is 0 Å². The Hall–Kier alpha value is -2.98. The van der Waals surface area contributed by atoms with Gasteiger partial charge in [-0.05, 0) is 61.7 Å². The molecule has 0 aromatic heterocycles. The number of ether oxygens (including phenoxy) is 1. The molecule has 1 saturated heterocycles. The highest BCUT2D eigenvalue weighted by molar-refractivity contribution is 5.72. The van der Waals surface area contributed by atoms with E-state index in [2.05, 4.69) is 87.9 Å². The third-order valence-electron chi connectivity index (χ3n) is 6.62. The molecule has 1 N–H and O–H groups in total. The maximum atomic E-state index is 6.16. The highest BCUT2D eigenvalue weighted by Crippen LogP contribution is 2.40. The number of nitrogens with zero attached hydrogens (tertiary/aromatic N) is 2. The molecule has 0 radical (unpaired) electrons. The Kier molecular flexibility index (Phi) is 5.81. The van der Waals surface area contributed by atoms with Gasteiger partial charge in [-0.1, -0.05) is 42.5 Å². The number of nitrogens with one attached hydrogen (secondary N) is 1. The number of hydrogen-bond donors (Lipinski definition) is 1. The maximum absolute atomic E-state index is 6.16. The van der Waals surface area contributed by atoms with Crippen molar-refractivity contribution >= 4 is 17.1 Å². The molecule has 0 saturated carbocycles. The van der Waals surface area contributed by atoms with Crippen molar-refractivity contribution in [2.75, 3.05) is 36.9 Å². The molecule has 0 aliphatic carbocycles. The lowest BCUT2D eigenvalue weighted by Crippen LogP contribution is -2.39. The first kappa shape index (κ1) is 20.0. The van der Waals surface area contributed by atoms with Gasteiger partial charge in [0.2, 0.25) is 0 Å². The zero-order valence-electron chi connectivity index (χ0n) is 18.3. The van der Waals surface area contributed by atoms with Crippen LogP contribution in [0, 0.1) is 0 Å². The second-order valence-corrected chi connectivity index (χ2v) is 8.53. The minimum Gasteiger partial charge on any atom is -0.487 e. The fraction of sp³-hybridized carbons (Fsp3) is 0.333. The second-order valence-electron chi connectivity index (χ2n) is 8.53. The summed E-state index contributed by atoms with van der Waals surface area (Å²) in [6.07, 6.45) is 3.61. The van der Waals surface area contributed by atoms with E-state index in [0.717, 1.165) is 25.3 Å². The molecule has 4 heteroatoms. The number of fused-ring (bicyclic) bond motifs is 2. The van der Waals surface area contributed by atoms with Crippen molar-refractivity contribution in [3.05, 3.63) is 83.9 Å². The zero-order valence-corrected chi connectivity index (χ0v) is 18.3. The van der Waals surface area contributed by atoms with Crippen molar-refractivity contribution in [2.45, 2.75) is 31.9 Å². The molecule has 2 heterocycles. The fourth-order valence-electron chi connectivity index (χ4n) is 4.94. The molecule has 1 atom stereocenters. The van der Waals surface area contributed by atoms with Gasteiger partial charge in [0, 0.05) is 43.1 Å². The highest BCUT2D eigenvalue weighted by Gasteiger charge is 2.29. The van der Waals surface area contributed by atoms with Crippen LogP contribution in [0.1, 0.15) is 24.0 Å². The van der Waals surface area contributed by atoms with E-state index in [1.165, 1.54) is 47.6 Å². The molecular weight excluding hydrogens is 382 g/mol. The Bertz CT molecular complexity index is 987. The molecule has 4 nitrogen and oxygen atoms in total. The molecule has 31 heavy (non-hydrogen) atoms. The summed E-state index contributed by atoms with van der Waals surface area (Å²) < 4.78 is 6.16.